The number of fused-ring (bicyclic) bond motifs is 1. The summed E-state index contributed by atoms with van der Waals surface area (Å²) in [6.07, 6.45) is 3.50. The smallest absolute Gasteiger partial charge is 0.217 e. The lowest BCUT2D eigenvalue weighted by molar-refractivity contribution is -0.119. The number of benzene rings is 2. The lowest BCUT2D eigenvalue weighted by Crippen LogP contribution is -2.29. The van der Waals surface area contributed by atoms with Crippen LogP contribution in [0, 0.1) is 6.92 Å². The van der Waals surface area contributed by atoms with E-state index in [0.717, 1.165) is 33.6 Å². The zero-order chi connectivity index (χ0) is 18.8. The summed E-state index contributed by atoms with van der Waals surface area (Å²) < 4.78 is 1.78. The average Bonchev–Trinajstić information content (AvgIpc) is 3.11. The van der Waals surface area contributed by atoms with Gasteiger partial charge in [0.25, 0.3) is 0 Å². The first-order valence-electron chi connectivity index (χ1n) is 8.86. The summed E-state index contributed by atoms with van der Waals surface area (Å²) in [5.41, 5.74) is 5.91. The van der Waals surface area contributed by atoms with E-state index in [2.05, 4.69) is 46.6 Å². The van der Waals surface area contributed by atoms with Crippen molar-refractivity contribution in [3.63, 3.8) is 0 Å². The number of nitrogens with one attached hydrogen (secondary N) is 1. The van der Waals surface area contributed by atoms with Crippen LogP contribution in [0.25, 0.3) is 16.8 Å². The molecule has 0 bridgehead atoms. The predicted octanol–water partition coefficient (Wildman–Crippen LogP) is 3.93. The summed E-state index contributed by atoms with van der Waals surface area (Å²) in [5, 5.41) is 7.53. The molecule has 1 unspecified atom stereocenters. The van der Waals surface area contributed by atoms with Crippen LogP contribution >= 0.6 is 0 Å². The molecule has 0 aliphatic carbocycles. The lowest BCUT2D eigenvalue weighted by atomic mass is 9.90. The lowest BCUT2D eigenvalue weighted by Gasteiger charge is -2.23. The summed E-state index contributed by atoms with van der Waals surface area (Å²) in [5.74, 6) is -0.104. The van der Waals surface area contributed by atoms with Crippen molar-refractivity contribution in [2.24, 2.45) is 0 Å². The van der Waals surface area contributed by atoms with Crippen LogP contribution in [0.1, 0.15) is 29.8 Å². The van der Waals surface area contributed by atoms with E-state index in [1.165, 1.54) is 6.92 Å². The number of hydrogen-bond donors (Lipinski definition) is 1. The number of nitrogens with zero attached hydrogens (tertiary/aromatic N) is 3. The van der Waals surface area contributed by atoms with Gasteiger partial charge in [-0.25, -0.2) is 9.50 Å². The number of carbonyl (C=O) groups excluding carboxylic acids is 1. The maximum absolute atomic E-state index is 12.1. The van der Waals surface area contributed by atoms with Gasteiger partial charge in [-0.3, -0.25) is 4.79 Å². The van der Waals surface area contributed by atoms with Crippen molar-refractivity contribution < 1.29 is 4.79 Å². The first kappa shape index (κ1) is 17.0. The molecule has 134 valence electrons. The van der Waals surface area contributed by atoms with Crippen molar-refractivity contribution >= 4 is 11.6 Å². The normalized spacial score (nSPS) is 12.1. The minimum Gasteiger partial charge on any atom is -0.344 e. The molecule has 0 aliphatic rings. The van der Waals surface area contributed by atoms with Crippen LogP contribution in [-0.4, -0.2) is 20.5 Å². The Morgan fingerprint density at radius 2 is 1.85 bits per heavy atom. The highest BCUT2D eigenvalue weighted by molar-refractivity contribution is 5.76. The van der Waals surface area contributed by atoms with Crippen molar-refractivity contribution in [3.05, 3.63) is 89.9 Å². The van der Waals surface area contributed by atoms with Crippen molar-refractivity contribution in [1.29, 1.82) is 0 Å². The van der Waals surface area contributed by atoms with Crippen LogP contribution in [0.15, 0.2) is 73.1 Å². The van der Waals surface area contributed by atoms with E-state index in [9.17, 15) is 4.79 Å². The largest absolute Gasteiger partial charge is 0.344 e. The van der Waals surface area contributed by atoms with Gasteiger partial charge in [0, 0.05) is 13.1 Å². The van der Waals surface area contributed by atoms with Crippen LogP contribution in [0.3, 0.4) is 0 Å². The highest BCUT2D eigenvalue weighted by Crippen LogP contribution is 2.34. The van der Waals surface area contributed by atoms with Gasteiger partial charge in [0.05, 0.1) is 17.9 Å². The van der Waals surface area contributed by atoms with Crippen molar-refractivity contribution in [1.82, 2.24) is 19.9 Å². The second kappa shape index (κ2) is 7.03. The number of rotatable bonds is 4. The fourth-order valence-electron chi connectivity index (χ4n) is 3.47. The number of aryl methyl sites for hydroxylation is 1. The zero-order valence-corrected chi connectivity index (χ0v) is 15.3. The Hall–Kier alpha value is -3.47. The molecule has 5 nitrogen and oxygen atoms in total. The third-order valence-corrected chi connectivity index (χ3v) is 4.65. The molecule has 0 radical (unpaired) electrons. The van der Waals surface area contributed by atoms with Gasteiger partial charge >= 0.3 is 0 Å². The molecular weight excluding hydrogens is 336 g/mol. The van der Waals surface area contributed by atoms with Gasteiger partial charge in [-0.05, 0) is 41.3 Å². The Labute approximate surface area is 157 Å². The fraction of sp³-hybridized carbons (Fsp3) is 0.136. The molecule has 4 aromatic rings. The molecule has 1 atom stereocenters. The summed E-state index contributed by atoms with van der Waals surface area (Å²) in [6, 6.07) is 19.8. The zero-order valence-electron chi connectivity index (χ0n) is 15.3. The maximum atomic E-state index is 12.1. The van der Waals surface area contributed by atoms with Crippen molar-refractivity contribution in [2.75, 3.05) is 0 Å². The summed E-state index contributed by atoms with van der Waals surface area (Å²) in [7, 11) is 0. The van der Waals surface area contributed by atoms with Gasteiger partial charge in [-0.1, -0.05) is 48.5 Å². The first-order valence-corrected chi connectivity index (χ1v) is 8.86. The van der Waals surface area contributed by atoms with E-state index >= 15 is 0 Å². The number of hydrogen-bond acceptors (Lipinski definition) is 3. The molecule has 4 rings (SSSR count). The topological polar surface area (TPSA) is 59.3 Å². The minimum atomic E-state index is -0.358. The molecule has 0 saturated heterocycles. The average molecular weight is 356 g/mol. The number of imidazole rings is 1. The van der Waals surface area contributed by atoms with Crippen LogP contribution in [-0.2, 0) is 4.79 Å². The van der Waals surface area contributed by atoms with E-state index in [4.69, 9.17) is 0 Å². The van der Waals surface area contributed by atoms with Gasteiger partial charge in [0.15, 0.2) is 5.65 Å². The molecule has 1 N–H and O–H groups in total. The number of amides is 1. The van der Waals surface area contributed by atoms with Crippen molar-refractivity contribution in [2.45, 2.75) is 19.9 Å². The summed E-state index contributed by atoms with van der Waals surface area (Å²) in [4.78, 5) is 16.5. The van der Waals surface area contributed by atoms with E-state index < -0.39 is 0 Å². The quantitative estimate of drug-likeness (QED) is 0.603. The third kappa shape index (κ3) is 3.19. The SMILES string of the molecule is CC(=O)NC(c1c(C)cccc1-c1ccccc1)c1cnc2cccnn12. The van der Waals surface area contributed by atoms with Crippen LogP contribution in [0.2, 0.25) is 0 Å². The highest BCUT2D eigenvalue weighted by Gasteiger charge is 2.24. The highest BCUT2D eigenvalue weighted by atomic mass is 16.1. The molecule has 0 fully saturated rings. The second-order valence-corrected chi connectivity index (χ2v) is 6.51. The van der Waals surface area contributed by atoms with Gasteiger partial charge in [0.1, 0.15) is 0 Å². The third-order valence-electron chi connectivity index (χ3n) is 4.65. The van der Waals surface area contributed by atoms with Gasteiger partial charge < -0.3 is 5.32 Å². The van der Waals surface area contributed by atoms with Gasteiger partial charge in [-0.15, -0.1) is 0 Å². The standard InChI is InChI=1S/C22H20N4O/c1-15-8-6-11-18(17-9-4-3-5-10-17)21(15)22(25-16(2)27)19-14-23-20-12-7-13-24-26(19)20/h3-14,22H,1-2H3,(H,25,27). The van der Waals surface area contributed by atoms with Gasteiger partial charge in [0.2, 0.25) is 5.91 Å². The van der Waals surface area contributed by atoms with Gasteiger partial charge in [-0.2, -0.15) is 5.10 Å². The van der Waals surface area contributed by atoms with Crippen LogP contribution < -0.4 is 5.32 Å². The van der Waals surface area contributed by atoms with Crippen LogP contribution in [0.4, 0.5) is 0 Å². The molecule has 2 aromatic carbocycles. The Kier molecular flexibility index (Phi) is 4.42. The molecule has 5 heteroatoms. The number of carbonyl (C=O) groups is 1. The molecule has 0 saturated carbocycles. The fourth-order valence-corrected chi connectivity index (χ4v) is 3.47. The molecule has 1 amide bonds. The molecule has 0 aliphatic heterocycles. The van der Waals surface area contributed by atoms with E-state index in [1.54, 1.807) is 16.9 Å². The maximum Gasteiger partial charge on any atom is 0.217 e. The Bertz CT molecular complexity index is 1100. The molecule has 2 aromatic heterocycles. The predicted molar refractivity (Wildman–Crippen MR) is 105 cm³/mol. The summed E-state index contributed by atoms with van der Waals surface area (Å²) >= 11 is 0. The molecular formula is C22H20N4O. The molecule has 2 heterocycles. The number of aromatic nitrogens is 3. The Morgan fingerprint density at radius 1 is 1.04 bits per heavy atom. The monoisotopic (exact) mass is 356 g/mol. The van der Waals surface area contributed by atoms with E-state index in [-0.39, 0.29) is 11.9 Å². The van der Waals surface area contributed by atoms with Crippen molar-refractivity contribution in [3.8, 4) is 11.1 Å². The molecule has 0 spiro atoms. The minimum absolute atomic E-state index is 0.104. The molecule has 27 heavy (non-hydrogen) atoms. The van der Waals surface area contributed by atoms with E-state index in [1.807, 2.05) is 36.4 Å². The Balaban J connectivity index is 1.96. The van der Waals surface area contributed by atoms with Crippen LogP contribution in [0.5, 0.6) is 0 Å². The first-order chi connectivity index (χ1) is 13.1. The summed E-state index contributed by atoms with van der Waals surface area (Å²) in [6.45, 7) is 3.59. The second-order valence-electron chi connectivity index (χ2n) is 6.51. The Morgan fingerprint density at radius 3 is 2.63 bits per heavy atom. The van der Waals surface area contributed by atoms with E-state index in [0.29, 0.717) is 0 Å².